The Hall–Kier alpha value is -4.48. The smallest absolute Gasteiger partial charge is 0.434 e. The number of halogens is 3. The summed E-state index contributed by atoms with van der Waals surface area (Å²) < 4.78 is 48.6. The lowest BCUT2D eigenvalue weighted by Crippen LogP contribution is -2.17. The van der Waals surface area contributed by atoms with E-state index in [1.54, 1.807) is 56.0 Å². The van der Waals surface area contributed by atoms with Crippen LogP contribution in [0, 0.1) is 0 Å². The highest BCUT2D eigenvalue weighted by molar-refractivity contribution is 5.81. The highest BCUT2D eigenvalue weighted by atomic mass is 19.4. The molecule has 1 aromatic carbocycles. The van der Waals surface area contributed by atoms with E-state index < -0.39 is 11.9 Å². The number of hydrogen-bond donors (Lipinski definition) is 1. The number of nitrogens with zero attached hydrogens (tertiary/aromatic N) is 6. The van der Waals surface area contributed by atoms with Crippen molar-refractivity contribution in [2.45, 2.75) is 51.4 Å². The van der Waals surface area contributed by atoms with Gasteiger partial charge in [-0.05, 0) is 38.3 Å². The Kier molecular flexibility index (Phi) is 6.20. The number of rotatable bonds is 7. The first-order chi connectivity index (χ1) is 19.1. The Morgan fingerprint density at radius 3 is 2.52 bits per heavy atom. The predicted molar refractivity (Wildman–Crippen MR) is 142 cm³/mol. The summed E-state index contributed by atoms with van der Waals surface area (Å²) in [6.07, 6.45) is 1.67. The van der Waals surface area contributed by atoms with Gasteiger partial charge in [0.1, 0.15) is 12.2 Å². The van der Waals surface area contributed by atoms with Gasteiger partial charge in [0, 0.05) is 23.7 Å². The van der Waals surface area contributed by atoms with Gasteiger partial charge in [-0.3, -0.25) is 9.55 Å². The SMILES string of the molecule is COc1ncnc(C2CC2)c1-c1cc2c(cn1)[nH]c(=O)n2Cc1ccc(-c2nc(C(F)(F)F)cn2C(C)C)cc1. The van der Waals surface area contributed by atoms with Crippen LogP contribution in [0.3, 0.4) is 0 Å². The van der Waals surface area contributed by atoms with Gasteiger partial charge < -0.3 is 14.3 Å². The molecule has 40 heavy (non-hydrogen) atoms. The van der Waals surface area contributed by atoms with Gasteiger partial charge in [-0.15, -0.1) is 0 Å². The van der Waals surface area contributed by atoms with Crippen LogP contribution >= 0.6 is 0 Å². The Balaban J connectivity index is 1.35. The van der Waals surface area contributed by atoms with Crippen LogP contribution in [0.5, 0.6) is 5.88 Å². The van der Waals surface area contributed by atoms with Crippen LogP contribution in [-0.4, -0.2) is 41.2 Å². The van der Waals surface area contributed by atoms with E-state index in [2.05, 4.69) is 24.9 Å². The van der Waals surface area contributed by atoms with Crippen LogP contribution in [0.15, 0.2) is 53.8 Å². The summed E-state index contributed by atoms with van der Waals surface area (Å²) in [5.41, 5.74) is 3.55. The molecule has 1 N–H and O–H groups in total. The number of methoxy groups -OCH3 is 1. The molecule has 0 radical (unpaired) electrons. The molecule has 12 heteroatoms. The second-order valence-corrected chi connectivity index (χ2v) is 10.2. The molecule has 5 aromatic rings. The van der Waals surface area contributed by atoms with Crippen molar-refractivity contribution in [3.05, 3.63) is 76.5 Å². The number of alkyl halides is 3. The van der Waals surface area contributed by atoms with Gasteiger partial charge in [-0.25, -0.2) is 19.7 Å². The van der Waals surface area contributed by atoms with E-state index in [4.69, 9.17) is 4.74 Å². The molecule has 0 atom stereocenters. The summed E-state index contributed by atoms with van der Waals surface area (Å²) >= 11 is 0. The van der Waals surface area contributed by atoms with Crippen molar-refractivity contribution < 1.29 is 17.9 Å². The van der Waals surface area contributed by atoms with Crippen LogP contribution in [0.2, 0.25) is 0 Å². The number of fused-ring (bicyclic) bond motifs is 1. The fraction of sp³-hybridized carbons (Fsp3) is 0.321. The molecule has 0 amide bonds. The van der Waals surface area contributed by atoms with Crippen LogP contribution in [-0.2, 0) is 12.7 Å². The number of pyridine rings is 1. The minimum atomic E-state index is -4.53. The minimum absolute atomic E-state index is 0.208. The maximum atomic E-state index is 13.3. The van der Waals surface area contributed by atoms with Gasteiger partial charge in [-0.1, -0.05) is 24.3 Å². The van der Waals surface area contributed by atoms with Crippen molar-refractivity contribution >= 4 is 11.0 Å². The zero-order chi connectivity index (χ0) is 28.2. The third-order valence-corrected chi connectivity index (χ3v) is 7.05. The van der Waals surface area contributed by atoms with E-state index in [1.165, 1.54) is 10.9 Å². The molecule has 206 valence electrons. The molecule has 0 aliphatic heterocycles. The van der Waals surface area contributed by atoms with E-state index in [1.807, 2.05) is 6.07 Å². The molecule has 1 saturated carbocycles. The van der Waals surface area contributed by atoms with Crippen molar-refractivity contribution in [1.29, 1.82) is 0 Å². The third-order valence-electron chi connectivity index (χ3n) is 7.05. The molecule has 0 unspecified atom stereocenters. The molecule has 0 bridgehead atoms. The van der Waals surface area contributed by atoms with Gasteiger partial charge in [0.25, 0.3) is 0 Å². The Morgan fingerprint density at radius 2 is 1.88 bits per heavy atom. The number of imidazole rings is 2. The van der Waals surface area contributed by atoms with Gasteiger partial charge in [0.15, 0.2) is 5.69 Å². The molecule has 4 aromatic heterocycles. The molecule has 0 saturated heterocycles. The van der Waals surface area contributed by atoms with E-state index in [0.717, 1.165) is 35.9 Å². The number of aromatic amines is 1. The van der Waals surface area contributed by atoms with Crippen molar-refractivity contribution in [2.75, 3.05) is 7.11 Å². The standard InChI is InChI=1S/C28H26F3N7O2/c1-15(2)37-13-22(28(29,30)31)36-25(37)18-6-4-16(5-7-18)12-38-21-10-19(32-11-20(21)35-27(38)39)23-24(17-8-9-17)33-14-34-26(23)40-3/h4-7,10-11,13-15,17H,8-9,12H2,1-3H3,(H,35,39). The molecule has 4 heterocycles. The second-order valence-electron chi connectivity index (χ2n) is 10.2. The number of ether oxygens (including phenoxy) is 1. The zero-order valence-corrected chi connectivity index (χ0v) is 22.0. The lowest BCUT2D eigenvalue weighted by molar-refractivity contribution is -0.140. The maximum absolute atomic E-state index is 13.3. The van der Waals surface area contributed by atoms with E-state index >= 15 is 0 Å². The first-order valence-corrected chi connectivity index (χ1v) is 12.9. The topological polar surface area (TPSA) is 104 Å². The van der Waals surface area contributed by atoms with E-state index in [9.17, 15) is 18.0 Å². The van der Waals surface area contributed by atoms with Gasteiger partial charge in [0.2, 0.25) is 5.88 Å². The highest BCUT2D eigenvalue weighted by Crippen LogP contribution is 2.45. The second kappa shape index (κ2) is 9.61. The maximum Gasteiger partial charge on any atom is 0.434 e. The molecule has 1 aliphatic carbocycles. The average molecular weight is 550 g/mol. The first-order valence-electron chi connectivity index (χ1n) is 12.9. The van der Waals surface area contributed by atoms with E-state index in [0.29, 0.717) is 34.1 Å². The molecular weight excluding hydrogens is 523 g/mol. The highest BCUT2D eigenvalue weighted by Gasteiger charge is 2.35. The van der Waals surface area contributed by atoms with Crippen LogP contribution < -0.4 is 10.4 Å². The predicted octanol–water partition coefficient (Wildman–Crippen LogP) is 5.58. The molecule has 1 aliphatic rings. The minimum Gasteiger partial charge on any atom is -0.480 e. The Bertz CT molecular complexity index is 1760. The quantitative estimate of drug-likeness (QED) is 0.284. The largest absolute Gasteiger partial charge is 0.480 e. The molecule has 6 rings (SSSR count). The summed E-state index contributed by atoms with van der Waals surface area (Å²) in [5.74, 6) is 0.992. The molecule has 0 spiro atoms. The van der Waals surface area contributed by atoms with Gasteiger partial charge in [0.05, 0.1) is 47.8 Å². The summed E-state index contributed by atoms with van der Waals surface area (Å²) in [6, 6.07) is 8.63. The zero-order valence-electron chi connectivity index (χ0n) is 22.0. The summed E-state index contributed by atoms with van der Waals surface area (Å²) in [6.45, 7) is 3.85. The Labute approximate surface area is 226 Å². The van der Waals surface area contributed by atoms with Crippen LogP contribution in [0.1, 0.15) is 55.6 Å². The van der Waals surface area contributed by atoms with Crippen LogP contribution in [0.25, 0.3) is 33.7 Å². The van der Waals surface area contributed by atoms with Gasteiger partial charge in [-0.2, -0.15) is 13.2 Å². The van der Waals surface area contributed by atoms with Gasteiger partial charge >= 0.3 is 11.9 Å². The third kappa shape index (κ3) is 4.63. The molecule has 1 fully saturated rings. The van der Waals surface area contributed by atoms with Crippen molar-refractivity contribution in [1.82, 2.24) is 34.1 Å². The number of H-pyrrole nitrogens is 1. The fourth-order valence-corrected chi connectivity index (χ4v) is 4.87. The monoisotopic (exact) mass is 549 g/mol. The van der Waals surface area contributed by atoms with Crippen molar-refractivity contribution in [3.8, 4) is 28.5 Å². The summed E-state index contributed by atoms with van der Waals surface area (Å²) in [4.78, 5) is 32.9. The Morgan fingerprint density at radius 1 is 1.12 bits per heavy atom. The summed E-state index contributed by atoms with van der Waals surface area (Å²) in [5, 5.41) is 0. The first kappa shape index (κ1) is 25.8. The molecular formula is C28H26F3N7O2. The van der Waals surface area contributed by atoms with Crippen molar-refractivity contribution in [2.24, 2.45) is 0 Å². The lowest BCUT2D eigenvalue weighted by Gasteiger charge is -2.12. The summed E-state index contributed by atoms with van der Waals surface area (Å²) in [7, 11) is 1.55. The van der Waals surface area contributed by atoms with E-state index in [-0.39, 0.29) is 24.1 Å². The fourth-order valence-electron chi connectivity index (χ4n) is 4.87. The normalized spacial score (nSPS) is 13.9. The van der Waals surface area contributed by atoms with Crippen molar-refractivity contribution in [3.63, 3.8) is 0 Å². The molecule has 9 nitrogen and oxygen atoms in total. The number of benzene rings is 1. The number of aromatic nitrogens is 7. The average Bonchev–Trinajstić information content (AvgIpc) is 3.59. The number of hydrogen-bond acceptors (Lipinski definition) is 6. The number of nitrogens with one attached hydrogen (secondary N) is 1. The van der Waals surface area contributed by atoms with Crippen LogP contribution in [0.4, 0.5) is 13.2 Å². The lowest BCUT2D eigenvalue weighted by atomic mass is 10.1.